The molecule has 2 aromatic rings. The summed E-state index contributed by atoms with van der Waals surface area (Å²) in [6.45, 7) is 0.201. The summed E-state index contributed by atoms with van der Waals surface area (Å²) in [4.78, 5) is 25.5. The van der Waals surface area contributed by atoms with Gasteiger partial charge >= 0.3 is 12.1 Å². The summed E-state index contributed by atoms with van der Waals surface area (Å²) < 4.78 is 5.59. The lowest BCUT2D eigenvalue weighted by Gasteiger charge is -2.32. The van der Waals surface area contributed by atoms with Crippen LogP contribution in [0, 0.1) is 5.92 Å². The van der Waals surface area contributed by atoms with E-state index in [-0.39, 0.29) is 12.5 Å². The largest absolute Gasteiger partial charge is 0.480 e. The lowest BCUT2D eigenvalue weighted by molar-refractivity contribution is -0.143. The summed E-state index contributed by atoms with van der Waals surface area (Å²) in [5, 5.41) is 9.55. The predicted molar refractivity (Wildman–Crippen MR) is 106 cm³/mol. The van der Waals surface area contributed by atoms with E-state index in [0.717, 1.165) is 30.4 Å². The Balaban J connectivity index is 1.46. The molecule has 2 aliphatic carbocycles. The van der Waals surface area contributed by atoms with E-state index in [4.69, 9.17) is 4.74 Å². The van der Waals surface area contributed by atoms with E-state index in [1.165, 1.54) is 23.1 Å². The molecule has 1 amide bonds. The second kappa shape index (κ2) is 7.66. The highest BCUT2D eigenvalue weighted by atomic mass is 16.6. The molecule has 0 heterocycles. The molecule has 0 aromatic heterocycles. The van der Waals surface area contributed by atoms with Gasteiger partial charge in [-0.25, -0.2) is 9.59 Å². The average Bonchev–Trinajstić information content (AvgIpc) is 2.98. The molecular formula is C23H25NO4. The van der Waals surface area contributed by atoms with Crippen molar-refractivity contribution in [1.82, 2.24) is 4.90 Å². The first kappa shape index (κ1) is 18.5. The summed E-state index contributed by atoms with van der Waals surface area (Å²) in [5.74, 6) is -0.604. The normalized spacial score (nSPS) is 16.6. The molecule has 0 aliphatic heterocycles. The maximum absolute atomic E-state index is 12.6. The molecule has 1 saturated carbocycles. The van der Waals surface area contributed by atoms with Gasteiger partial charge in [-0.15, -0.1) is 0 Å². The van der Waals surface area contributed by atoms with Gasteiger partial charge in [0.1, 0.15) is 12.6 Å². The fourth-order valence-corrected chi connectivity index (χ4v) is 4.29. The first-order valence-corrected chi connectivity index (χ1v) is 9.87. The fraction of sp³-hybridized carbons (Fsp3) is 0.391. The van der Waals surface area contributed by atoms with E-state index in [1.54, 1.807) is 0 Å². The number of likely N-dealkylation sites (N-methyl/N-ethyl adjacent to an activating group) is 1. The summed E-state index contributed by atoms with van der Waals surface area (Å²) in [7, 11) is 1.52. The molecule has 146 valence electrons. The van der Waals surface area contributed by atoms with Gasteiger partial charge in [-0.05, 0) is 34.6 Å². The molecule has 1 unspecified atom stereocenters. The summed E-state index contributed by atoms with van der Waals surface area (Å²) >= 11 is 0. The highest BCUT2D eigenvalue weighted by Gasteiger charge is 2.34. The van der Waals surface area contributed by atoms with E-state index in [0.29, 0.717) is 12.3 Å². The molecule has 2 aromatic carbocycles. The van der Waals surface area contributed by atoms with Crippen LogP contribution in [-0.2, 0) is 9.53 Å². The minimum atomic E-state index is -0.970. The van der Waals surface area contributed by atoms with E-state index in [2.05, 4.69) is 24.3 Å². The number of carbonyl (C=O) groups excluding carboxylic acids is 1. The third-order valence-electron chi connectivity index (χ3n) is 6.16. The Morgan fingerprint density at radius 2 is 1.64 bits per heavy atom. The Hall–Kier alpha value is -2.82. The number of hydrogen-bond acceptors (Lipinski definition) is 3. The molecule has 0 spiro atoms. The van der Waals surface area contributed by atoms with Gasteiger partial charge in [-0.1, -0.05) is 67.8 Å². The standard InChI is InChI=1S/C23H25NO4/c1-24(21(22(25)26)13-15-7-6-8-15)23(27)28-14-20-18-11-4-2-9-16(18)17-10-3-5-12-19(17)20/h2-5,9-12,15,20-21H,6-8,13-14H2,1H3,(H,25,26). The van der Waals surface area contributed by atoms with Gasteiger partial charge in [0.25, 0.3) is 0 Å². The van der Waals surface area contributed by atoms with Gasteiger partial charge in [-0.2, -0.15) is 0 Å². The van der Waals surface area contributed by atoms with Crippen molar-refractivity contribution >= 4 is 12.1 Å². The van der Waals surface area contributed by atoms with Gasteiger partial charge in [0, 0.05) is 13.0 Å². The predicted octanol–water partition coefficient (Wildman–Crippen LogP) is 4.51. The molecule has 1 atom stereocenters. The van der Waals surface area contributed by atoms with E-state index in [9.17, 15) is 14.7 Å². The smallest absolute Gasteiger partial charge is 0.410 e. The second-order valence-electron chi connectivity index (χ2n) is 7.80. The Bertz CT molecular complexity index is 844. The van der Waals surface area contributed by atoms with Crippen molar-refractivity contribution < 1.29 is 19.4 Å². The molecule has 5 heteroatoms. The van der Waals surface area contributed by atoms with Crippen molar-refractivity contribution in [3.63, 3.8) is 0 Å². The zero-order valence-corrected chi connectivity index (χ0v) is 16.0. The molecular weight excluding hydrogens is 354 g/mol. The topological polar surface area (TPSA) is 66.8 Å². The van der Waals surface area contributed by atoms with Gasteiger partial charge in [0.15, 0.2) is 0 Å². The number of carboxylic acids is 1. The minimum absolute atomic E-state index is 0.0281. The van der Waals surface area contributed by atoms with E-state index >= 15 is 0 Å². The number of amides is 1. The van der Waals surface area contributed by atoms with Crippen molar-refractivity contribution in [1.29, 1.82) is 0 Å². The first-order valence-electron chi connectivity index (χ1n) is 9.87. The highest BCUT2D eigenvalue weighted by molar-refractivity contribution is 5.81. The SMILES string of the molecule is CN(C(=O)OCC1c2ccccc2-c2ccccc21)C(CC1CCC1)C(=O)O. The molecule has 0 bridgehead atoms. The number of rotatable bonds is 6. The molecule has 0 radical (unpaired) electrons. The van der Waals surface area contributed by atoms with E-state index < -0.39 is 18.1 Å². The van der Waals surface area contributed by atoms with Crippen LogP contribution >= 0.6 is 0 Å². The average molecular weight is 379 g/mol. The van der Waals surface area contributed by atoms with Crippen LogP contribution < -0.4 is 0 Å². The quantitative estimate of drug-likeness (QED) is 0.802. The zero-order chi connectivity index (χ0) is 19.7. The monoisotopic (exact) mass is 379 g/mol. The summed E-state index contributed by atoms with van der Waals surface area (Å²) in [6.07, 6.45) is 3.15. The summed E-state index contributed by atoms with van der Waals surface area (Å²) in [5.41, 5.74) is 4.62. The van der Waals surface area contributed by atoms with Crippen LogP contribution in [0.15, 0.2) is 48.5 Å². The number of carboxylic acid groups (broad SMARTS) is 1. The Morgan fingerprint density at radius 1 is 1.07 bits per heavy atom. The molecule has 28 heavy (non-hydrogen) atoms. The van der Waals surface area contributed by atoms with Crippen molar-refractivity contribution in [2.45, 2.75) is 37.6 Å². The van der Waals surface area contributed by atoms with Crippen molar-refractivity contribution in [3.8, 4) is 11.1 Å². The Kier molecular flexibility index (Phi) is 5.07. The molecule has 0 saturated heterocycles. The Morgan fingerprint density at radius 3 is 2.14 bits per heavy atom. The molecule has 4 rings (SSSR count). The van der Waals surface area contributed by atoms with Crippen LogP contribution in [0.3, 0.4) is 0 Å². The van der Waals surface area contributed by atoms with Crippen molar-refractivity contribution in [3.05, 3.63) is 59.7 Å². The number of benzene rings is 2. The minimum Gasteiger partial charge on any atom is -0.480 e. The van der Waals surface area contributed by atoms with Crippen molar-refractivity contribution in [2.24, 2.45) is 5.92 Å². The molecule has 5 nitrogen and oxygen atoms in total. The lowest BCUT2D eigenvalue weighted by Crippen LogP contribution is -2.44. The van der Waals surface area contributed by atoms with Crippen LogP contribution in [0.25, 0.3) is 11.1 Å². The van der Waals surface area contributed by atoms with Gasteiger partial charge in [-0.3, -0.25) is 4.90 Å². The van der Waals surface area contributed by atoms with Crippen molar-refractivity contribution in [2.75, 3.05) is 13.7 Å². The third-order valence-corrected chi connectivity index (χ3v) is 6.16. The van der Waals surface area contributed by atoms with Crippen LogP contribution in [0.4, 0.5) is 4.79 Å². The molecule has 1 N–H and O–H groups in total. The Labute approximate surface area is 164 Å². The highest BCUT2D eigenvalue weighted by Crippen LogP contribution is 2.44. The number of carbonyl (C=O) groups is 2. The zero-order valence-electron chi connectivity index (χ0n) is 16.0. The van der Waals surface area contributed by atoms with Gasteiger partial charge < -0.3 is 9.84 Å². The van der Waals surface area contributed by atoms with Gasteiger partial charge in [0.2, 0.25) is 0 Å². The number of ether oxygens (including phenoxy) is 1. The fourth-order valence-electron chi connectivity index (χ4n) is 4.29. The third kappa shape index (κ3) is 3.37. The van der Waals surface area contributed by atoms with Crippen LogP contribution in [0.5, 0.6) is 0 Å². The maximum atomic E-state index is 12.6. The van der Waals surface area contributed by atoms with Crippen LogP contribution in [0.1, 0.15) is 42.7 Å². The number of nitrogens with zero attached hydrogens (tertiary/aromatic N) is 1. The molecule has 1 fully saturated rings. The number of hydrogen-bond donors (Lipinski definition) is 1. The van der Waals surface area contributed by atoms with E-state index in [1.807, 2.05) is 24.3 Å². The lowest BCUT2D eigenvalue weighted by atomic mass is 9.80. The second-order valence-corrected chi connectivity index (χ2v) is 7.80. The van der Waals surface area contributed by atoms with Crippen LogP contribution in [-0.4, -0.2) is 41.8 Å². The number of fused-ring (bicyclic) bond motifs is 3. The summed E-state index contributed by atoms with van der Waals surface area (Å²) in [6, 6.07) is 15.5. The van der Waals surface area contributed by atoms with Gasteiger partial charge in [0.05, 0.1) is 0 Å². The first-order chi connectivity index (χ1) is 13.6. The molecule has 2 aliphatic rings. The maximum Gasteiger partial charge on any atom is 0.410 e. The van der Waals surface area contributed by atoms with Crippen LogP contribution in [0.2, 0.25) is 0 Å². The number of aliphatic carboxylic acids is 1.